The van der Waals surface area contributed by atoms with E-state index in [-0.39, 0.29) is 0 Å². The van der Waals surface area contributed by atoms with E-state index in [1.165, 1.54) is 30.3 Å². The molecule has 0 aliphatic carbocycles. The Morgan fingerprint density at radius 3 is 2.90 bits per heavy atom. The molecule has 0 spiro atoms. The van der Waals surface area contributed by atoms with Gasteiger partial charge >= 0.3 is 0 Å². The molecule has 1 aromatic carbocycles. The summed E-state index contributed by atoms with van der Waals surface area (Å²) >= 11 is 0. The van der Waals surface area contributed by atoms with Crippen molar-refractivity contribution in [1.82, 2.24) is 9.88 Å². The molecule has 1 aliphatic heterocycles. The first-order valence-electron chi connectivity index (χ1n) is 7.99. The summed E-state index contributed by atoms with van der Waals surface area (Å²) in [7, 11) is 1.96. The molecular weight excluding hydrogens is 258 g/mol. The van der Waals surface area contributed by atoms with Gasteiger partial charge in [-0.2, -0.15) is 0 Å². The molecular formula is C18H25N3. The van der Waals surface area contributed by atoms with Crippen molar-refractivity contribution in [3.8, 4) is 0 Å². The number of nitrogens with zero attached hydrogens (tertiary/aromatic N) is 2. The lowest BCUT2D eigenvalue weighted by atomic mass is 10.0. The van der Waals surface area contributed by atoms with Gasteiger partial charge in [0.05, 0.1) is 5.52 Å². The van der Waals surface area contributed by atoms with E-state index in [9.17, 15) is 0 Å². The molecule has 112 valence electrons. The zero-order chi connectivity index (χ0) is 14.8. The average molecular weight is 283 g/mol. The van der Waals surface area contributed by atoms with Gasteiger partial charge in [-0.15, -0.1) is 0 Å². The van der Waals surface area contributed by atoms with Crippen molar-refractivity contribution in [1.29, 1.82) is 0 Å². The van der Waals surface area contributed by atoms with Crippen LogP contribution in [0.25, 0.3) is 10.9 Å². The highest BCUT2D eigenvalue weighted by Crippen LogP contribution is 2.28. The van der Waals surface area contributed by atoms with Gasteiger partial charge in [0.2, 0.25) is 0 Å². The first kappa shape index (κ1) is 14.3. The van der Waals surface area contributed by atoms with Crippen LogP contribution in [0, 0.1) is 5.92 Å². The predicted octanol–water partition coefficient (Wildman–Crippen LogP) is 3.90. The number of nitrogens with one attached hydrogen (secondary N) is 1. The maximum Gasteiger partial charge on any atom is 0.130 e. The number of likely N-dealkylation sites (tertiary alicyclic amines) is 1. The maximum atomic E-state index is 4.77. The van der Waals surface area contributed by atoms with Gasteiger partial charge in [0.1, 0.15) is 5.82 Å². The average Bonchev–Trinajstić information content (AvgIpc) is 2.95. The molecule has 1 saturated heterocycles. The third-order valence-electron chi connectivity index (χ3n) is 4.60. The summed E-state index contributed by atoms with van der Waals surface area (Å²) in [6.07, 6.45) is 2.65. The molecule has 1 N–H and O–H groups in total. The number of rotatable bonds is 4. The molecule has 2 heterocycles. The molecule has 3 rings (SSSR count). The molecule has 3 nitrogen and oxygen atoms in total. The van der Waals surface area contributed by atoms with E-state index in [1.807, 2.05) is 13.1 Å². The monoisotopic (exact) mass is 283 g/mol. The molecule has 1 unspecified atom stereocenters. The second kappa shape index (κ2) is 6.02. The smallest absolute Gasteiger partial charge is 0.130 e. The van der Waals surface area contributed by atoms with Crippen LogP contribution in [0.4, 0.5) is 5.82 Å². The van der Waals surface area contributed by atoms with Crippen LogP contribution in [0.1, 0.15) is 32.3 Å². The molecule has 0 bridgehead atoms. The molecule has 2 aromatic rings. The van der Waals surface area contributed by atoms with Gasteiger partial charge in [-0.05, 0) is 37.4 Å². The Hall–Kier alpha value is -1.61. The van der Waals surface area contributed by atoms with Crippen LogP contribution < -0.4 is 5.32 Å². The van der Waals surface area contributed by atoms with E-state index < -0.39 is 0 Å². The number of hydrogen-bond acceptors (Lipinski definition) is 3. The first-order valence-corrected chi connectivity index (χ1v) is 7.99. The molecule has 1 aromatic heterocycles. The third kappa shape index (κ3) is 2.88. The zero-order valence-corrected chi connectivity index (χ0v) is 13.3. The van der Waals surface area contributed by atoms with Crippen LogP contribution in [0.2, 0.25) is 0 Å². The van der Waals surface area contributed by atoms with Crippen LogP contribution in [-0.2, 0) is 6.54 Å². The van der Waals surface area contributed by atoms with Crippen molar-refractivity contribution in [2.75, 3.05) is 18.9 Å². The van der Waals surface area contributed by atoms with Gasteiger partial charge in [-0.1, -0.05) is 32.0 Å². The van der Waals surface area contributed by atoms with Crippen LogP contribution in [0.5, 0.6) is 0 Å². The minimum atomic E-state index is 0.709. The number of aromatic nitrogens is 1. The Bertz CT molecular complexity index is 621. The highest BCUT2D eigenvalue weighted by molar-refractivity contribution is 5.81. The summed E-state index contributed by atoms with van der Waals surface area (Å²) in [5, 5.41) is 4.50. The molecule has 1 atom stereocenters. The fourth-order valence-electron chi connectivity index (χ4n) is 3.52. The first-order chi connectivity index (χ1) is 10.2. The van der Waals surface area contributed by atoms with Gasteiger partial charge in [0, 0.05) is 30.6 Å². The number of hydrogen-bond donors (Lipinski definition) is 1. The largest absolute Gasteiger partial charge is 0.373 e. The Kier molecular flexibility index (Phi) is 4.11. The number of pyridine rings is 1. The molecule has 21 heavy (non-hydrogen) atoms. The van der Waals surface area contributed by atoms with Crippen molar-refractivity contribution in [3.05, 3.63) is 35.9 Å². The quantitative estimate of drug-likeness (QED) is 0.922. The maximum absolute atomic E-state index is 4.77. The minimum Gasteiger partial charge on any atom is -0.373 e. The van der Waals surface area contributed by atoms with Crippen LogP contribution in [0.3, 0.4) is 0 Å². The predicted molar refractivity (Wildman–Crippen MR) is 89.6 cm³/mol. The number of para-hydroxylation sites is 1. The molecule has 0 saturated carbocycles. The third-order valence-corrected chi connectivity index (χ3v) is 4.60. The lowest BCUT2D eigenvalue weighted by molar-refractivity contribution is 0.199. The van der Waals surface area contributed by atoms with E-state index in [4.69, 9.17) is 4.98 Å². The zero-order valence-electron chi connectivity index (χ0n) is 13.3. The van der Waals surface area contributed by atoms with Crippen LogP contribution >= 0.6 is 0 Å². The lowest BCUT2D eigenvalue weighted by Crippen LogP contribution is -2.33. The Morgan fingerprint density at radius 2 is 2.14 bits per heavy atom. The molecule has 1 aliphatic rings. The van der Waals surface area contributed by atoms with Crippen molar-refractivity contribution in [3.63, 3.8) is 0 Å². The van der Waals surface area contributed by atoms with Crippen LogP contribution in [-0.4, -0.2) is 29.5 Å². The van der Waals surface area contributed by atoms with E-state index >= 15 is 0 Å². The van der Waals surface area contributed by atoms with E-state index in [2.05, 4.69) is 48.3 Å². The van der Waals surface area contributed by atoms with Gasteiger partial charge < -0.3 is 5.32 Å². The molecule has 0 radical (unpaired) electrons. The Labute approximate surface area is 127 Å². The highest BCUT2D eigenvalue weighted by atomic mass is 15.2. The van der Waals surface area contributed by atoms with E-state index in [0.717, 1.165) is 23.8 Å². The highest BCUT2D eigenvalue weighted by Gasteiger charge is 2.27. The fourth-order valence-corrected chi connectivity index (χ4v) is 3.52. The van der Waals surface area contributed by atoms with Crippen molar-refractivity contribution in [2.45, 2.75) is 39.3 Å². The number of fused-ring (bicyclic) bond motifs is 1. The standard InChI is InChI=1S/C18H25N3/c1-13(2)17-9-6-10-21(17)12-15-11-14-7-4-5-8-16(14)20-18(15)19-3/h4-5,7-8,11,13,17H,6,9-10,12H2,1-3H3,(H,19,20). The summed E-state index contributed by atoms with van der Waals surface area (Å²) in [5.41, 5.74) is 2.37. The fraction of sp³-hybridized carbons (Fsp3) is 0.500. The summed E-state index contributed by atoms with van der Waals surface area (Å²) in [6, 6.07) is 11.4. The second-order valence-corrected chi connectivity index (χ2v) is 6.36. The normalized spacial score (nSPS) is 19.5. The topological polar surface area (TPSA) is 28.2 Å². The van der Waals surface area contributed by atoms with Gasteiger partial charge in [-0.3, -0.25) is 4.90 Å². The lowest BCUT2D eigenvalue weighted by Gasteiger charge is -2.28. The Balaban J connectivity index is 1.92. The van der Waals surface area contributed by atoms with Crippen molar-refractivity contribution >= 4 is 16.7 Å². The molecule has 3 heteroatoms. The minimum absolute atomic E-state index is 0.709. The van der Waals surface area contributed by atoms with E-state index in [1.54, 1.807) is 0 Å². The molecule has 1 fully saturated rings. The SMILES string of the molecule is CNc1nc2ccccc2cc1CN1CCCC1C(C)C. The summed E-state index contributed by atoms with van der Waals surface area (Å²) in [5.74, 6) is 1.74. The van der Waals surface area contributed by atoms with Crippen molar-refractivity contribution < 1.29 is 0 Å². The second-order valence-electron chi connectivity index (χ2n) is 6.36. The Morgan fingerprint density at radius 1 is 1.33 bits per heavy atom. The van der Waals surface area contributed by atoms with E-state index in [0.29, 0.717) is 6.04 Å². The van der Waals surface area contributed by atoms with Gasteiger partial charge in [-0.25, -0.2) is 4.98 Å². The van der Waals surface area contributed by atoms with Gasteiger partial charge in [0.25, 0.3) is 0 Å². The number of benzene rings is 1. The molecule has 0 amide bonds. The van der Waals surface area contributed by atoms with Crippen LogP contribution in [0.15, 0.2) is 30.3 Å². The summed E-state index contributed by atoms with van der Waals surface area (Å²) < 4.78 is 0. The van der Waals surface area contributed by atoms with Gasteiger partial charge in [0.15, 0.2) is 0 Å². The van der Waals surface area contributed by atoms with Crippen molar-refractivity contribution in [2.24, 2.45) is 5.92 Å². The summed E-state index contributed by atoms with van der Waals surface area (Å²) in [4.78, 5) is 7.39. The summed E-state index contributed by atoms with van der Waals surface area (Å²) in [6.45, 7) is 6.87. The number of anilines is 1.